The summed E-state index contributed by atoms with van der Waals surface area (Å²) in [6.45, 7) is 3.90. The summed E-state index contributed by atoms with van der Waals surface area (Å²) in [5.74, 6) is 0.765. The fourth-order valence-corrected chi connectivity index (χ4v) is 3.32. The van der Waals surface area contributed by atoms with Crippen LogP contribution < -0.4 is 5.32 Å². The number of aliphatic imine (C=N–C) groups is 1. The zero-order chi connectivity index (χ0) is 16.9. The number of thiophene rings is 1. The second-order valence-corrected chi connectivity index (χ2v) is 6.58. The average molecular weight is 476 g/mol. The van der Waals surface area contributed by atoms with Gasteiger partial charge in [0.25, 0.3) is 0 Å². The number of nitrogens with zero attached hydrogens (tertiary/aromatic N) is 3. The lowest BCUT2D eigenvalue weighted by atomic mass is 10.2. The molecule has 4 nitrogen and oxygen atoms in total. The Morgan fingerprint density at radius 3 is 2.50 bits per heavy atom. The topological polar surface area (TPSA) is 30.9 Å². The minimum atomic E-state index is -4.16. The van der Waals surface area contributed by atoms with Gasteiger partial charge in [-0.2, -0.15) is 13.2 Å². The van der Waals surface area contributed by atoms with E-state index in [0.29, 0.717) is 26.2 Å². The van der Waals surface area contributed by atoms with Crippen molar-refractivity contribution in [3.8, 4) is 0 Å². The summed E-state index contributed by atoms with van der Waals surface area (Å²) < 4.78 is 38.3. The number of halogens is 4. The molecule has 1 aromatic rings. The lowest BCUT2D eigenvalue weighted by molar-refractivity contribution is -0.181. The van der Waals surface area contributed by atoms with E-state index in [1.54, 1.807) is 18.4 Å². The smallest absolute Gasteiger partial charge is 0.356 e. The summed E-state index contributed by atoms with van der Waals surface area (Å²) in [5.41, 5.74) is 0. The molecular weight excluding hydrogens is 452 g/mol. The van der Waals surface area contributed by atoms with E-state index in [1.165, 1.54) is 16.7 Å². The predicted octanol–water partition coefficient (Wildman–Crippen LogP) is 3.05. The summed E-state index contributed by atoms with van der Waals surface area (Å²) in [4.78, 5) is 9.05. The molecule has 2 rings (SSSR count). The normalized spacial score (nSPS) is 18.2. The molecule has 0 spiro atoms. The first-order chi connectivity index (χ1) is 10.9. The Morgan fingerprint density at radius 1 is 1.33 bits per heavy atom. The van der Waals surface area contributed by atoms with Crippen molar-refractivity contribution in [3.63, 3.8) is 0 Å². The van der Waals surface area contributed by atoms with Crippen LogP contribution in [-0.2, 0) is 6.42 Å². The molecule has 9 heteroatoms. The van der Waals surface area contributed by atoms with Gasteiger partial charge in [0.2, 0.25) is 0 Å². The standard InChI is InChI=1S/C15H23F3N4S.HI/c1-12(15(16,17)18)21-7-9-22(10-8-21)14(19-2)20-6-5-13-4-3-11-23-13;/h3-4,11-12H,5-10H2,1-2H3,(H,19,20);1H. The molecule has 1 N–H and O–H groups in total. The van der Waals surface area contributed by atoms with Crippen LogP contribution in [0.15, 0.2) is 22.5 Å². The lowest BCUT2D eigenvalue weighted by Gasteiger charge is -2.39. The highest BCUT2D eigenvalue weighted by molar-refractivity contribution is 14.0. The van der Waals surface area contributed by atoms with E-state index < -0.39 is 12.2 Å². The largest absolute Gasteiger partial charge is 0.403 e. The third-order valence-corrected chi connectivity index (χ3v) is 5.02. The Balaban J connectivity index is 0.00000288. The van der Waals surface area contributed by atoms with Gasteiger partial charge in [-0.3, -0.25) is 9.89 Å². The molecule has 24 heavy (non-hydrogen) atoms. The third kappa shape index (κ3) is 6.07. The van der Waals surface area contributed by atoms with Crippen LogP contribution in [0.1, 0.15) is 11.8 Å². The van der Waals surface area contributed by atoms with Gasteiger partial charge >= 0.3 is 6.18 Å². The molecule has 0 amide bonds. The number of piperazine rings is 1. The van der Waals surface area contributed by atoms with Crippen LogP contribution in [0.3, 0.4) is 0 Å². The zero-order valence-corrected chi connectivity index (χ0v) is 17.0. The summed E-state index contributed by atoms with van der Waals surface area (Å²) in [7, 11) is 1.71. The number of alkyl halides is 3. The Morgan fingerprint density at radius 2 is 2.00 bits per heavy atom. The van der Waals surface area contributed by atoms with Crippen molar-refractivity contribution >= 4 is 41.3 Å². The van der Waals surface area contributed by atoms with Crippen molar-refractivity contribution in [1.82, 2.24) is 15.1 Å². The van der Waals surface area contributed by atoms with Crippen LogP contribution in [0.5, 0.6) is 0 Å². The van der Waals surface area contributed by atoms with E-state index in [9.17, 15) is 13.2 Å². The first kappa shape index (κ1) is 21.5. The van der Waals surface area contributed by atoms with Crippen molar-refractivity contribution in [1.29, 1.82) is 0 Å². The van der Waals surface area contributed by atoms with E-state index in [4.69, 9.17) is 0 Å². The Hall–Kier alpha value is -0.550. The van der Waals surface area contributed by atoms with Crippen LogP contribution in [0.25, 0.3) is 0 Å². The van der Waals surface area contributed by atoms with Crippen molar-refractivity contribution < 1.29 is 13.2 Å². The van der Waals surface area contributed by atoms with E-state index in [0.717, 1.165) is 18.9 Å². The predicted molar refractivity (Wildman–Crippen MR) is 103 cm³/mol. The van der Waals surface area contributed by atoms with Gasteiger partial charge in [-0.25, -0.2) is 0 Å². The number of nitrogens with one attached hydrogen (secondary N) is 1. The molecule has 1 fully saturated rings. The number of hydrogen-bond acceptors (Lipinski definition) is 3. The Kier molecular flexibility index (Phi) is 8.78. The van der Waals surface area contributed by atoms with Crippen LogP contribution in [0, 0.1) is 0 Å². The molecule has 1 aliphatic heterocycles. The molecule has 1 saturated heterocycles. The fourth-order valence-electron chi connectivity index (χ4n) is 2.61. The van der Waals surface area contributed by atoms with Crippen LogP contribution in [-0.4, -0.2) is 67.7 Å². The van der Waals surface area contributed by atoms with Gasteiger partial charge in [-0.05, 0) is 24.8 Å². The highest BCUT2D eigenvalue weighted by Gasteiger charge is 2.41. The molecule has 1 atom stereocenters. The third-order valence-electron chi connectivity index (χ3n) is 4.08. The number of guanidine groups is 1. The molecule has 0 saturated carbocycles. The van der Waals surface area contributed by atoms with Gasteiger partial charge < -0.3 is 10.2 Å². The first-order valence-corrected chi connectivity index (χ1v) is 8.58. The monoisotopic (exact) mass is 476 g/mol. The van der Waals surface area contributed by atoms with Crippen molar-refractivity contribution in [2.75, 3.05) is 39.8 Å². The Labute approximate surface area is 162 Å². The van der Waals surface area contributed by atoms with Crippen molar-refractivity contribution in [3.05, 3.63) is 22.4 Å². The quantitative estimate of drug-likeness (QED) is 0.412. The maximum atomic E-state index is 12.8. The summed E-state index contributed by atoms with van der Waals surface area (Å²) in [6, 6.07) is 2.72. The van der Waals surface area contributed by atoms with E-state index in [1.807, 2.05) is 16.3 Å². The van der Waals surface area contributed by atoms with E-state index in [2.05, 4.69) is 16.4 Å². The highest BCUT2D eigenvalue weighted by Crippen LogP contribution is 2.25. The van der Waals surface area contributed by atoms with Gasteiger partial charge in [0.1, 0.15) is 6.04 Å². The fraction of sp³-hybridized carbons (Fsp3) is 0.667. The van der Waals surface area contributed by atoms with Crippen LogP contribution in [0.4, 0.5) is 13.2 Å². The van der Waals surface area contributed by atoms with Crippen molar-refractivity contribution in [2.45, 2.75) is 25.6 Å². The first-order valence-electron chi connectivity index (χ1n) is 7.70. The van der Waals surface area contributed by atoms with E-state index >= 15 is 0 Å². The molecule has 1 aliphatic rings. The van der Waals surface area contributed by atoms with Gasteiger partial charge in [0.05, 0.1) is 0 Å². The molecule has 1 unspecified atom stereocenters. The SMILES string of the molecule is CN=C(NCCc1cccs1)N1CCN(C(C)C(F)(F)F)CC1.I. The van der Waals surface area contributed by atoms with Gasteiger partial charge in [0.15, 0.2) is 5.96 Å². The molecule has 0 bridgehead atoms. The molecule has 2 heterocycles. The maximum Gasteiger partial charge on any atom is 0.403 e. The van der Waals surface area contributed by atoms with Crippen LogP contribution in [0.2, 0.25) is 0 Å². The van der Waals surface area contributed by atoms with Gasteiger partial charge in [-0.15, -0.1) is 35.3 Å². The van der Waals surface area contributed by atoms with Crippen LogP contribution >= 0.6 is 35.3 Å². The van der Waals surface area contributed by atoms with Crippen molar-refractivity contribution in [2.24, 2.45) is 4.99 Å². The maximum absolute atomic E-state index is 12.8. The minimum absolute atomic E-state index is 0. The zero-order valence-electron chi connectivity index (χ0n) is 13.8. The molecule has 0 aromatic carbocycles. The molecule has 1 aromatic heterocycles. The summed E-state index contributed by atoms with van der Waals surface area (Å²) in [6.07, 6.45) is -3.25. The highest BCUT2D eigenvalue weighted by atomic mass is 127. The number of hydrogen-bond donors (Lipinski definition) is 1. The second-order valence-electron chi connectivity index (χ2n) is 5.54. The molecule has 0 radical (unpaired) electrons. The average Bonchev–Trinajstić information content (AvgIpc) is 3.03. The molecule has 138 valence electrons. The lowest BCUT2D eigenvalue weighted by Crippen LogP contribution is -2.56. The second kappa shape index (κ2) is 9.81. The summed E-state index contributed by atoms with van der Waals surface area (Å²) in [5, 5.41) is 5.34. The minimum Gasteiger partial charge on any atom is -0.356 e. The van der Waals surface area contributed by atoms with Gasteiger partial charge in [-0.1, -0.05) is 6.07 Å². The van der Waals surface area contributed by atoms with E-state index in [-0.39, 0.29) is 24.0 Å². The van der Waals surface area contributed by atoms with Gasteiger partial charge in [0, 0.05) is 44.6 Å². The molecular formula is C15H24F3IN4S. The molecule has 0 aliphatic carbocycles. The number of rotatable bonds is 4. The Bertz CT molecular complexity index is 499. The summed E-state index contributed by atoms with van der Waals surface area (Å²) >= 11 is 1.72.